The first kappa shape index (κ1) is 14.7. The van der Waals surface area contributed by atoms with E-state index in [1.807, 2.05) is 43.3 Å². The van der Waals surface area contributed by atoms with Gasteiger partial charge in [-0.05, 0) is 36.4 Å². The standard InChI is InChI=1S/C16H15N5O2/c1-19(2)13-5-3-12(4-6-13)16-17-11-18-20(16)14-7-9-15(10-8-14)21(22)23/h3-11H,1-2H3. The number of hydrogen-bond acceptors (Lipinski definition) is 5. The molecule has 0 aliphatic rings. The van der Waals surface area contributed by atoms with Crippen molar-refractivity contribution in [1.29, 1.82) is 0 Å². The zero-order chi connectivity index (χ0) is 16.4. The maximum Gasteiger partial charge on any atom is 0.269 e. The van der Waals surface area contributed by atoms with Crippen LogP contribution in [0.2, 0.25) is 0 Å². The molecule has 0 aliphatic heterocycles. The lowest BCUT2D eigenvalue weighted by molar-refractivity contribution is -0.384. The second-order valence-electron chi connectivity index (χ2n) is 5.21. The third-order valence-electron chi connectivity index (χ3n) is 3.49. The summed E-state index contributed by atoms with van der Waals surface area (Å²) in [7, 11) is 3.96. The molecule has 0 aliphatic carbocycles. The summed E-state index contributed by atoms with van der Waals surface area (Å²) in [5.41, 5.74) is 2.78. The van der Waals surface area contributed by atoms with Crippen LogP contribution in [0, 0.1) is 10.1 Å². The van der Waals surface area contributed by atoms with E-state index in [0.717, 1.165) is 16.9 Å². The van der Waals surface area contributed by atoms with E-state index in [2.05, 4.69) is 10.1 Å². The van der Waals surface area contributed by atoms with E-state index in [0.29, 0.717) is 5.82 Å². The van der Waals surface area contributed by atoms with Gasteiger partial charge in [-0.25, -0.2) is 9.67 Å². The fourth-order valence-corrected chi connectivity index (χ4v) is 2.25. The summed E-state index contributed by atoms with van der Waals surface area (Å²) in [6.07, 6.45) is 1.47. The van der Waals surface area contributed by atoms with Crippen molar-refractivity contribution in [3.8, 4) is 17.1 Å². The van der Waals surface area contributed by atoms with E-state index >= 15 is 0 Å². The van der Waals surface area contributed by atoms with Gasteiger partial charge in [0.2, 0.25) is 0 Å². The first-order valence-corrected chi connectivity index (χ1v) is 6.99. The molecule has 116 valence electrons. The number of nitrogens with zero attached hydrogens (tertiary/aromatic N) is 5. The van der Waals surface area contributed by atoms with Gasteiger partial charge in [-0.15, -0.1) is 0 Å². The van der Waals surface area contributed by atoms with Crippen LogP contribution < -0.4 is 4.90 Å². The summed E-state index contributed by atoms with van der Waals surface area (Å²) in [5, 5.41) is 15.0. The predicted octanol–water partition coefficient (Wildman–Crippen LogP) is 2.91. The Morgan fingerprint density at radius 1 is 1.04 bits per heavy atom. The van der Waals surface area contributed by atoms with Crippen molar-refractivity contribution in [3.63, 3.8) is 0 Å². The maximum absolute atomic E-state index is 10.7. The van der Waals surface area contributed by atoms with Gasteiger partial charge in [-0.2, -0.15) is 5.10 Å². The molecule has 0 saturated carbocycles. The SMILES string of the molecule is CN(C)c1ccc(-c2ncnn2-c2ccc([N+](=O)[O-])cc2)cc1. The average molecular weight is 309 g/mol. The monoisotopic (exact) mass is 309 g/mol. The molecule has 1 heterocycles. The van der Waals surface area contributed by atoms with Crippen molar-refractivity contribution < 1.29 is 4.92 Å². The van der Waals surface area contributed by atoms with Gasteiger partial charge in [0, 0.05) is 37.5 Å². The zero-order valence-electron chi connectivity index (χ0n) is 12.7. The lowest BCUT2D eigenvalue weighted by Gasteiger charge is -2.12. The first-order chi connectivity index (χ1) is 11.1. The molecule has 0 unspecified atom stereocenters. The summed E-state index contributed by atoms with van der Waals surface area (Å²) in [5.74, 6) is 0.684. The van der Waals surface area contributed by atoms with E-state index in [9.17, 15) is 10.1 Å². The van der Waals surface area contributed by atoms with Crippen molar-refractivity contribution in [2.75, 3.05) is 19.0 Å². The third-order valence-corrected chi connectivity index (χ3v) is 3.49. The molecule has 0 bridgehead atoms. The van der Waals surface area contributed by atoms with Gasteiger partial charge >= 0.3 is 0 Å². The normalized spacial score (nSPS) is 10.5. The van der Waals surface area contributed by atoms with Crippen LogP contribution in [0.25, 0.3) is 17.1 Å². The van der Waals surface area contributed by atoms with E-state index in [1.165, 1.54) is 18.5 Å². The summed E-state index contributed by atoms with van der Waals surface area (Å²) < 4.78 is 1.66. The van der Waals surface area contributed by atoms with Crippen LogP contribution >= 0.6 is 0 Å². The van der Waals surface area contributed by atoms with Crippen LogP contribution in [0.5, 0.6) is 0 Å². The Bertz CT molecular complexity index is 822. The summed E-state index contributed by atoms with van der Waals surface area (Å²) in [6.45, 7) is 0. The van der Waals surface area contributed by atoms with Gasteiger partial charge < -0.3 is 4.90 Å². The van der Waals surface area contributed by atoms with Crippen LogP contribution in [0.15, 0.2) is 54.9 Å². The smallest absolute Gasteiger partial charge is 0.269 e. The molecule has 23 heavy (non-hydrogen) atoms. The molecule has 0 amide bonds. The molecule has 0 atom stereocenters. The molecule has 3 rings (SSSR count). The maximum atomic E-state index is 10.7. The number of nitro benzene ring substituents is 1. The highest BCUT2D eigenvalue weighted by molar-refractivity contribution is 5.62. The Kier molecular flexibility index (Phi) is 3.76. The van der Waals surface area contributed by atoms with E-state index < -0.39 is 4.92 Å². The van der Waals surface area contributed by atoms with Crippen molar-refractivity contribution in [1.82, 2.24) is 14.8 Å². The lowest BCUT2D eigenvalue weighted by atomic mass is 10.2. The molecule has 0 spiro atoms. The van der Waals surface area contributed by atoms with Crippen LogP contribution in [-0.2, 0) is 0 Å². The second kappa shape index (κ2) is 5.88. The Morgan fingerprint density at radius 3 is 2.26 bits per heavy atom. The van der Waals surface area contributed by atoms with E-state index in [4.69, 9.17) is 0 Å². The molecule has 7 heteroatoms. The minimum absolute atomic E-state index is 0.0470. The molecule has 3 aromatic rings. The largest absolute Gasteiger partial charge is 0.378 e. The van der Waals surface area contributed by atoms with Crippen molar-refractivity contribution >= 4 is 11.4 Å². The average Bonchev–Trinajstić information content (AvgIpc) is 3.04. The van der Waals surface area contributed by atoms with Crippen LogP contribution in [-0.4, -0.2) is 33.8 Å². The van der Waals surface area contributed by atoms with Crippen molar-refractivity contribution in [3.05, 3.63) is 65.0 Å². The first-order valence-electron chi connectivity index (χ1n) is 6.99. The van der Waals surface area contributed by atoms with Crippen molar-refractivity contribution in [2.24, 2.45) is 0 Å². The molecule has 2 aromatic carbocycles. The van der Waals surface area contributed by atoms with E-state index in [-0.39, 0.29) is 5.69 Å². The predicted molar refractivity (Wildman–Crippen MR) is 87.8 cm³/mol. The fraction of sp³-hybridized carbons (Fsp3) is 0.125. The summed E-state index contributed by atoms with van der Waals surface area (Å²) >= 11 is 0. The van der Waals surface area contributed by atoms with Gasteiger partial charge in [0.1, 0.15) is 6.33 Å². The molecule has 1 aromatic heterocycles. The van der Waals surface area contributed by atoms with Crippen LogP contribution in [0.3, 0.4) is 0 Å². The second-order valence-corrected chi connectivity index (χ2v) is 5.21. The number of anilines is 1. The highest BCUT2D eigenvalue weighted by atomic mass is 16.6. The molecule has 0 fully saturated rings. The Morgan fingerprint density at radius 2 is 1.70 bits per heavy atom. The molecule has 0 saturated heterocycles. The number of hydrogen-bond donors (Lipinski definition) is 0. The van der Waals surface area contributed by atoms with Gasteiger partial charge in [-0.1, -0.05) is 0 Å². The Hall–Kier alpha value is -3.22. The van der Waals surface area contributed by atoms with Crippen LogP contribution in [0.4, 0.5) is 11.4 Å². The van der Waals surface area contributed by atoms with Gasteiger partial charge in [-0.3, -0.25) is 10.1 Å². The zero-order valence-corrected chi connectivity index (χ0v) is 12.7. The topological polar surface area (TPSA) is 77.1 Å². The number of non-ortho nitro benzene ring substituents is 1. The number of nitro groups is 1. The highest BCUT2D eigenvalue weighted by Crippen LogP contribution is 2.23. The molecular weight excluding hydrogens is 294 g/mol. The molecular formula is C16H15N5O2. The highest BCUT2D eigenvalue weighted by Gasteiger charge is 2.11. The van der Waals surface area contributed by atoms with E-state index in [1.54, 1.807) is 16.8 Å². The number of benzene rings is 2. The lowest BCUT2D eigenvalue weighted by Crippen LogP contribution is -2.08. The minimum atomic E-state index is -0.425. The molecule has 0 N–H and O–H groups in total. The van der Waals surface area contributed by atoms with Gasteiger partial charge in [0.15, 0.2) is 5.82 Å². The molecule has 7 nitrogen and oxygen atoms in total. The minimum Gasteiger partial charge on any atom is -0.378 e. The van der Waals surface area contributed by atoms with Gasteiger partial charge in [0.05, 0.1) is 10.6 Å². The third kappa shape index (κ3) is 2.89. The molecule has 0 radical (unpaired) electrons. The summed E-state index contributed by atoms with van der Waals surface area (Å²) in [6, 6.07) is 14.2. The number of rotatable bonds is 4. The quantitative estimate of drug-likeness (QED) is 0.547. The van der Waals surface area contributed by atoms with Gasteiger partial charge in [0.25, 0.3) is 5.69 Å². The van der Waals surface area contributed by atoms with Crippen molar-refractivity contribution in [2.45, 2.75) is 0 Å². The summed E-state index contributed by atoms with van der Waals surface area (Å²) in [4.78, 5) is 16.6. The Balaban J connectivity index is 1.97. The fourth-order valence-electron chi connectivity index (χ4n) is 2.25. The number of aromatic nitrogens is 3. The van der Waals surface area contributed by atoms with Crippen LogP contribution in [0.1, 0.15) is 0 Å². The Labute approximate surface area is 133 Å².